The summed E-state index contributed by atoms with van der Waals surface area (Å²) in [5.41, 5.74) is 4.77. The van der Waals surface area contributed by atoms with Crippen LogP contribution in [0.2, 0.25) is 0 Å². The van der Waals surface area contributed by atoms with E-state index in [1.54, 1.807) is 17.0 Å². The zero-order valence-electron chi connectivity index (χ0n) is 16.5. The first-order valence-corrected chi connectivity index (χ1v) is 11.4. The van der Waals surface area contributed by atoms with Crippen molar-refractivity contribution >= 4 is 15.7 Å². The van der Waals surface area contributed by atoms with Gasteiger partial charge in [-0.05, 0) is 24.6 Å². The smallest absolute Gasteiger partial charge is 0.253 e. The molecule has 6 nitrogen and oxygen atoms in total. The third-order valence-corrected chi connectivity index (χ3v) is 6.48. The Hall–Kier alpha value is -2.93. The van der Waals surface area contributed by atoms with Crippen molar-refractivity contribution in [3.63, 3.8) is 0 Å². The summed E-state index contributed by atoms with van der Waals surface area (Å²) in [4.78, 5) is 15.0. The van der Waals surface area contributed by atoms with Gasteiger partial charge in [0.2, 0.25) is 0 Å². The van der Waals surface area contributed by atoms with Crippen molar-refractivity contribution in [2.24, 2.45) is 7.05 Å². The molecule has 150 valence electrons. The molecule has 0 bridgehead atoms. The van der Waals surface area contributed by atoms with Gasteiger partial charge in [-0.15, -0.1) is 0 Å². The van der Waals surface area contributed by atoms with E-state index in [2.05, 4.69) is 0 Å². The first kappa shape index (κ1) is 19.4. The predicted octanol–water partition coefficient (Wildman–Crippen LogP) is 2.73. The van der Waals surface area contributed by atoms with E-state index >= 15 is 0 Å². The molecular weight excluding hydrogens is 386 g/mol. The highest BCUT2D eigenvalue weighted by Gasteiger charge is 2.25. The number of hydrogen-bond acceptors (Lipinski definition) is 4. The van der Waals surface area contributed by atoms with Crippen molar-refractivity contribution in [1.29, 1.82) is 0 Å². The maximum atomic E-state index is 13.1. The summed E-state index contributed by atoms with van der Waals surface area (Å²) in [6.07, 6.45) is 2.57. The van der Waals surface area contributed by atoms with Crippen molar-refractivity contribution in [3.05, 3.63) is 71.4 Å². The second-order valence-corrected chi connectivity index (χ2v) is 9.37. The maximum absolute atomic E-state index is 13.1. The van der Waals surface area contributed by atoms with Crippen molar-refractivity contribution in [1.82, 2.24) is 14.7 Å². The van der Waals surface area contributed by atoms with Crippen LogP contribution in [0.5, 0.6) is 0 Å². The Balaban J connectivity index is 1.60. The van der Waals surface area contributed by atoms with E-state index < -0.39 is 9.84 Å². The molecule has 0 saturated heterocycles. The van der Waals surface area contributed by atoms with Crippen LogP contribution in [0.4, 0.5) is 0 Å². The third kappa shape index (κ3) is 3.82. The van der Waals surface area contributed by atoms with Crippen molar-refractivity contribution < 1.29 is 13.2 Å². The zero-order valence-corrected chi connectivity index (χ0v) is 17.3. The van der Waals surface area contributed by atoms with Gasteiger partial charge in [-0.3, -0.25) is 9.48 Å². The van der Waals surface area contributed by atoms with E-state index in [1.165, 1.54) is 17.7 Å². The van der Waals surface area contributed by atoms with E-state index in [9.17, 15) is 13.2 Å². The molecular formula is C22H23N3O3S. The number of nitrogens with zero attached hydrogens (tertiary/aromatic N) is 3. The van der Waals surface area contributed by atoms with E-state index in [4.69, 9.17) is 5.10 Å². The van der Waals surface area contributed by atoms with Gasteiger partial charge in [-0.25, -0.2) is 8.42 Å². The van der Waals surface area contributed by atoms with Gasteiger partial charge in [-0.1, -0.05) is 36.4 Å². The van der Waals surface area contributed by atoms with Gasteiger partial charge in [0.15, 0.2) is 9.84 Å². The van der Waals surface area contributed by atoms with Gasteiger partial charge in [-0.2, -0.15) is 5.10 Å². The number of rotatable bonds is 3. The molecule has 0 aliphatic carbocycles. The Morgan fingerprint density at radius 3 is 2.45 bits per heavy atom. The third-order valence-electron chi connectivity index (χ3n) is 5.37. The molecule has 1 aliphatic heterocycles. The second kappa shape index (κ2) is 7.48. The lowest BCUT2D eigenvalue weighted by Crippen LogP contribution is -2.33. The number of fused-ring (bicyclic) bond motifs is 1. The summed E-state index contributed by atoms with van der Waals surface area (Å²) in [6.45, 7) is 1.14. The Bertz CT molecular complexity index is 1170. The minimum absolute atomic E-state index is 0.141. The van der Waals surface area contributed by atoms with Crippen molar-refractivity contribution in [2.75, 3.05) is 19.3 Å². The minimum Gasteiger partial charge on any atom is -0.338 e. The van der Waals surface area contributed by atoms with Crippen molar-refractivity contribution in [3.8, 4) is 11.3 Å². The molecule has 7 heteroatoms. The van der Waals surface area contributed by atoms with Gasteiger partial charge in [0.25, 0.3) is 5.91 Å². The van der Waals surface area contributed by atoms with E-state index in [0.29, 0.717) is 31.5 Å². The molecule has 4 rings (SSSR count). The number of sulfone groups is 1. The van der Waals surface area contributed by atoms with Crippen LogP contribution < -0.4 is 0 Å². The molecule has 1 amide bonds. The molecule has 0 saturated carbocycles. The number of carbonyl (C=O) groups is 1. The molecule has 3 aromatic rings. The topological polar surface area (TPSA) is 72.3 Å². The molecule has 0 spiro atoms. The largest absolute Gasteiger partial charge is 0.338 e. The van der Waals surface area contributed by atoms with Gasteiger partial charge in [0.05, 0.1) is 10.6 Å². The number of amides is 1. The molecule has 0 unspecified atom stereocenters. The van der Waals surface area contributed by atoms with Crippen molar-refractivity contribution in [2.45, 2.75) is 17.7 Å². The Morgan fingerprint density at radius 1 is 1.00 bits per heavy atom. The standard InChI is InChI=1S/C22H23N3O3S/c1-24-20-12-14-25(22(26)17-9-6-10-18(15-17)29(2,27)28)13-11-19(20)21(23-24)16-7-4-3-5-8-16/h3-10,15H,11-14H2,1-2H3. The van der Waals surface area contributed by atoms with Crippen LogP contribution in [0.1, 0.15) is 21.6 Å². The Labute approximate surface area is 170 Å². The van der Waals surface area contributed by atoms with Crippen LogP contribution in [0, 0.1) is 0 Å². The number of carbonyl (C=O) groups excluding carboxylic acids is 1. The SMILES string of the molecule is Cn1nc(-c2ccccc2)c2c1CCN(C(=O)c1cccc(S(C)(=O)=O)c1)CC2. The molecule has 29 heavy (non-hydrogen) atoms. The molecule has 0 atom stereocenters. The summed E-state index contributed by atoms with van der Waals surface area (Å²) in [7, 11) is -1.41. The lowest BCUT2D eigenvalue weighted by molar-refractivity contribution is 0.0762. The fourth-order valence-electron chi connectivity index (χ4n) is 3.85. The first-order valence-electron chi connectivity index (χ1n) is 9.54. The molecule has 0 N–H and O–H groups in total. The van der Waals surface area contributed by atoms with Gasteiger partial charge < -0.3 is 4.90 Å². The number of aromatic nitrogens is 2. The van der Waals surface area contributed by atoms with Crippen LogP contribution in [0.25, 0.3) is 11.3 Å². The maximum Gasteiger partial charge on any atom is 0.253 e. The van der Waals surface area contributed by atoms with Crippen LogP contribution in [0.3, 0.4) is 0 Å². The fourth-order valence-corrected chi connectivity index (χ4v) is 4.52. The minimum atomic E-state index is -3.36. The lowest BCUT2D eigenvalue weighted by Gasteiger charge is -2.20. The lowest BCUT2D eigenvalue weighted by atomic mass is 10.0. The molecule has 1 aromatic heterocycles. The highest BCUT2D eigenvalue weighted by atomic mass is 32.2. The molecule has 2 aromatic carbocycles. The van der Waals surface area contributed by atoms with Crippen LogP contribution >= 0.6 is 0 Å². The van der Waals surface area contributed by atoms with Crippen LogP contribution in [0.15, 0.2) is 59.5 Å². The van der Waals surface area contributed by atoms with E-state index in [1.807, 2.05) is 42.1 Å². The zero-order chi connectivity index (χ0) is 20.6. The van der Waals surface area contributed by atoms with Gasteiger partial charge >= 0.3 is 0 Å². The fraction of sp³-hybridized carbons (Fsp3) is 0.273. The Kier molecular flexibility index (Phi) is 5.00. The Morgan fingerprint density at radius 2 is 1.72 bits per heavy atom. The second-order valence-electron chi connectivity index (χ2n) is 7.36. The quantitative estimate of drug-likeness (QED) is 0.667. The van der Waals surface area contributed by atoms with E-state index in [-0.39, 0.29) is 10.8 Å². The summed E-state index contributed by atoms with van der Waals surface area (Å²) in [5.74, 6) is -0.141. The number of hydrogen-bond donors (Lipinski definition) is 0. The average molecular weight is 410 g/mol. The summed E-state index contributed by atoms with van der Waals surface area (Å²) in [6, 6.07) is 16.3. The number of aryl methyl sites for hydroxylation is 1. The molecule has 2 heterocycles. The highest BCUT2D eigenvalue weighted by Crippen LogP contribution is 2.28. The van der Waals surface area contributed by atoms with E-state index in [0.717, 1.165) is 23.2 Å². The monoisotopic (exact) mass is 409 g/mol. The molecule has 0 fully saturated rings. The van der Waals surface area contributed by atoms with Gasteiger partial charge in [0, 0.05) is 55.2 Å². The first-order chi connectivity index (χ1) is 13.8. The van der Waals surface area contributed by atoms with Crippen LogP contribution in [-0.4, -0.2) is 48.4 Å². The summed E-state index contributed by atoms with van der Waals surface area (Å²) >= 11 is 0. The summed E-state index contributed by atoms with van der Waals surface area (Å²) in [5, 5.41) is 4.72. The normalized spacial score (nSPS) is 14.3. The highest BCUT2D eigenvalue weighted by molar-refractivity contribution is 7.90. The molecule has 0 radical (unpaired) electrons. The predicted molar refractivity (Wildman–Crippen MR) is 112 cm³/mol. The molecule has 1 aliphatic rings. The van der Waals surface area contributed by atoms with Gasteiger partial charge in [0.1, 0.15) is 0 Å². The average Bonchev–Trinajstić information content (AvgIpc) is 2.89. The number of benzene rings is 2. The summed E-state index contributed by atoms with van der Waals surface area (Å²) < 4.78 is 25.6. The van der Waals surface area contributed by atoms with Crippen LogP contribution in [-0.2, 0) is 29.7 Å².